The maximum atomic E-state index is 11.8. The predicted molar refractivity (Wildman–Crippen MR) is 72.9 cm³/mol. The molecule has 2 rings (SSSR count). The van der Waals surface area contributed by atoms with Crippen molar-refractivity contribution in [2.45, 2.75) is 44.1 Å². The fraction of sp³-hybridized carbons (Fsp3) is 0.692. The second kappa shape index (κ2) is 6.10. The lowest BCUT2D eigenvalue weighted by Gasteiger charge is -2.30. The van der Waals surface area contributed by atoms with Crippen LogP contribution in [-0.4, -0.2) is 49.8 Å². The summed E-state index contributed by atoms with van der Waals surface area (Å²) < 4.78 is 6.91. The van der Waals surface area contributed by atoms with Crippen molar-refractivity contribution in [3.05, 3.63) is 32.6 Å². The van der Waals surface area contributed by atoms with E-state index in [1.54, 1.807) is 6.92 Å². The van der Waals surface area contributed by atoms with Gasteiger partial charge in [-0.1, -0.05) is 0 Å². The van der Waals surface area contributed by atoms with Gasteiger partial charge in [0, 0.05) is 24.8 Å². The highest BCUT2D eigenvalue weighted by Gasteiger charge is 2.48. The molecule has 0 amide bonds. The van der Waals surface area contributed by atoms with Crippen LogP contribution in [0.3, 0.4) is 0 Å². The molecular weight excluding hydrogens is 280 g/mol. The molecule has 1 saturated heterocycles. The molecule has 0 spiro atoms. The zero-order valence-electron chi connectivity index (χ0n) is 11.8. The monoisotopic (exact) mass is 300 g/mol. The van der Waals surface area contributed by atoms with Crippen molar-refractivity contribution in [3.63, 3.8) is 0 Å². The number of H-pyrrole nitrogens is 1. The highest BCUT2D eigenvalue weighted by molar-refractivity contribution is 5.03. The van der Waals surface area contributed by atoms with Crippen molar-refractivity contribution in [2.75, 3.05) is 13.2 Å². The number of hydrogen-bond acceptors (Lipinski definition) is 6. The molecule has 4 N–H and O–H groups in total. The average Bonchev–Trinajstić information content (AvgIpc) is 2.78. The van der Waals surface area contributed by atoms with E-state index in [0.29, 0.717) is 12.0 Å². The molecule has 0 unspecified atom stereocenters. The van der Waals surface area contributed by atoms with Crippen LogP contribution >= 0.6 is 0 Å². The molecule has 1 aliphatic rings. The Morgan fingerprint density at radius 1 is 1.48 bits per heavy atom. The Morgan fingerprint density at radius 2 is 2.19 bits per heavy atom. The van der Waals surface area contributed by atoms with E-state index in [2.05, 4.69) is 4.98 Å². The normalized spacial score (nSPS) is 29.0. The summed E-state index contributed by atoms with van der Waals surface area (Å²) in [6.07, 6.45) is 0.403. The van der Waals surface area contributed by atoms with Crippen LogP contribution in [0.1, 0.15) is 31.1 Å². The number of nitrogens with one attached hydrogen (secondary N) is 1. The fourth-order valence-electron chi connectivity index (χ4n) is 2.60. The van der Waals surface area contributed by atoms with Gasteiger partial charge in [0.25, 0.3) is 5.56 Å². The van der Waals surface area contributed by atoms with E-state index in [-0.39, 0.29) is 19.4 Å². The van der Waals surface area contributed by atoms with Crippen molar-refractivity contribution in [3.8, 4) is 0 Å². The van der Waals surface area contributed by atoms with Gasteiger partial charge in [0.1, 0.15) is 11.8 Å². The van der Waals surface area contributed by atoms with E-state index in [9.17, 15) is 19.8 Å². The molecule has 8 nitrogen and oxygen atoms in total. The third-order valence-electron chi connectivity index (χ3n) is 3.88. The van der Waals surface area contributed by atoms with Gasteiger partial charge in [0.2, 0.25) is 0 Å². The summed E-state index contributed by atoms with van der Waals surface area (Å²) in [6.45, 7) is 1.06. The fourth-order valence-corrected chi connectivity index (χ4v) is 2.60. The van der Waals surface area contributed by atoms with Crippen LogP contribution in [0, 0.1) is 6.92 Å². The number of aryl methyl sites for hydroxylation is 1. The average molecular weight is 300 g/mol. The molecule has 0 bridgehead atoms. The lowest BCUT2D eigenvalue weighted by Crippen LogP contribution is -2.43. The summed E-state index contributed by atoms with van der Waals surface area (Å²) in [5, 5.41) is 28.6. The SMILES string of the molecule is Cc1cn([C@H]2C[C@H](O)[C@](CO)(CCCO)O2)c(=O)[nH]c1=O. The van der Waals surface area contributed by atoms with Crippen molar-refractivity contribution < 1.29 is 20.1 Å². The number of ether oxygens (including phenoxy) is 1. The number of aliphatic hydroxyl groups excluding tert-OH is 3. The Hall–Kier alpha value is -1.48. The van der Waals surface area contributed by atoms with E-state index in [4.69, 9.17) is 9.84 Å². The largest absolute Gasteiger partial charge is 0.396 e. The summed E-state index contributed by atoms with van der Waals surface area (Å²) in [5.41, 5.74) is -1.94. The van der Waals surface area contributed by atoms with Crippen LogP contribution in [-0.2, 0) is 4.74 Å². The number of hydrogen-bond donors (Lipinski definition) is 4. The van der Waals surface area contributed by atoms with E-state index in [0.717, 1.165) is 0 Å². The Labute approximate surface area is 120 Å². The number of aliphatic hydroxyl groups is 3. The second-order valence-corrected chi connectivity index (χ2v) is 5.35. The van der Waals surface area contributed by atoms with Gasteiger partial charge in [-0.3, -0.25) is 14.3 Å². The zero-order chi connectivity index (χ0) is 15.6. The molecule has 118 valence electrons. The van der Waals surface area contributed by atoms with Crippen LogP contribution in [0.2, 0.25) is 0 Å². The van der Waals surface area contributed by atoms with Gasteiger partial charge < -0.3 is 20.1 Å². The molecule has 1 aromatic heterocycles. The van der Waals surface area contributed by atoms with Crippen LogP contribution in [0.5, 0.6) is 0 Å². The maximum absolute atomic E-state index is 11.8. The molecule has 1 aromatic rings. The molecule has 0 saturated carbocycles. The van der Waals surface area contributed by atoms with E-state index < -0.39 is 35.8 Å². The molecule has 0 aliphatic carbocycles. The van der Waals surface area contributed by atoms with Crippen LogP contribution in [0.25, 0.3) is 0 Å². The van der Waals surface area contributed by atoms with Gasteiger partial charge >= 0.3 is 5.69 Å². The highest BCUT2D eigenvalue weighted by atomic mass is 16.6. The van der Waals surface area contributed by atoms with Gasteiger partial charge in [0.15, 0.2) is 0 Å². The first kappa shape index (κ1) is 15.9. The molecule has 0 radical (unpaired) electrons. The lowest BCUT2D eigenvalue weighted by molar-refractivity contribution is -0.134. The summed E-state index contributed by atoms with van der Waals surface area (Å²) in [5.74, 6) is 0. The third-order valence-corrected chi connectivity index (χ3v) is 3.88. The number of aromatic nitrogens is 2. The minimum absolute atomic E-state index is 0.0831. The Morgan fingerprint density at radius 3 is 2.81 bits per heavy atom. The van der Waals surface area contributed by atoms with Gasteiger partial charge in [-0.15, -0.1) is 0 Å². The molecule has 8 heteroatoms. The Bertz CT molecular complexity index is 609. The van der Waals surface area contributed by atoms with E-state index in [1.165, 1.54) is 10.8 Å². The van der Waals surface area contributed by atoms with Crippen molar-refractivity contribution in [2.24, 2.45) is 0 Å². The molecular formula is C13H20N2O6. The molecule has 2 heterocycles. The van der Waals surface area contributed by atoms with Crippen molar-refractivity contribution >= 4 is 0 Å². The van der Waals surface area contributed by atoms with Crippen molar-refractivity contribution in [1.29, 1.82) is 0 Å². The van der Waals surface area contributed by atoms with Crippen LogP contribution < -0.4 is 11.2 Å². The minimum atomic E-state index is -1.20. The minimum Gasteiger partial charge on any atom is -0.396 e. The zero-order valence-corrected chi connectivity index (χ0v) is 11.8. The van der Waals surface area contributed by atoms with E-state index >= 15 is 0 Å². The molecule has 0 aromatic carbocycles. The molecule has 3 atom stereocenters. The topological polar surface area (TPSA) is 125 Å². The Balaban J connectivity index is 2.30. The standard InChI is InChI=1S/C13H20N2O6/c1-8-6-15(12(20)14-11(8)19)10-5-9(18)13(7-17,21-10)3-2-4-16/h6,9-10,16-18H,2-5,7H2,1H3,(H,14,19,20)/t9-,10+,13+/m0/s1. The van der Waals surface area contributed by atoms with Crippen LogP contribution in [0.15, 0.2) is 15.8 Å². The van der Waals surface area contributed by atoms with Gasteiger partial charge in [0.05, 0.1) is 12.7 Å². The van der Waals surface area contributed by atoms with E-state index in [1.807, 2.05) is 0 Å². The summed E-state index contributed by atoms with van der Waals surface area (Å²) in [6, 6.07) is 0. The smallest absolute Gasteiger partial charge is 0.330 e. The van der Waals surface area contributed by atoms with Gasteiger partial charge in [-0.25, -0.2) is 4.79 Å². The first-order chi connectivity index (χ1) is 9.93. The highest BCUT2D eigenvalue weighted by Crippen LogP contribution is 2.38. The van der Waals surface area contributed by atoms with Crippen LogP contribution in [0.4, 0.5) is 0 Å². The van der Waals surface area contributed by atoms with Crippen molar-refractivity contribution in [1.82, 2.24) is 9.55 Å². The number of nitrogens with zero attached hydrogens (tertiary/aromatic N) is 1. The quantitative estimate of drug-likeness (QED) is 0.531. The van der Waals surface area contributed by atoms with Gasteiger partial charge in [-0.05, 0) is 19.8 Å². The third kappa shape index (κ3) is 2.93. The predicted octanol–water partition coefficient (Wildman–Crippen LogP) is -1.37. The number of rotatable bonds is 5. The maximum Gasteiger partial charge on any atom is 0.330 e. The number of aromatic amines is 1. The Kier molecular flexibility index (Phi) is 4.62. The summed E-state index contributed by atoms with van der Waals surface area (Å²) >= 11 is 0. The van der Waals surface area contributed by atoms with Gasteiger partial charge in [-0.2, -0.15) is 0 Å². The molecule has 21 heavy (non-hydrogen) atoms. The molecule has 1 aliphatic heterocycles. The summed E-state index contributed by atoms with van der Waals surface area (Å²) in [4.78, 5) is 25.4. The molecule has 1 fully saturated rings. The summed E-state index contributed by atoms with van der Waals surface area (Å²) in [7, 11) is 0. The first-order valence-electron chi connectivity index (χ1n) is 6.83. The second-order valence-electron chi connectivity index (χ2n) is 5.35. The lowest BCUT2D eigenvalue weighted by atomic mass is 9.92. The first-order valence-corrected chi connectivity index (χ1v) is 6.83.